The first kappa shape index (κ1) is 14.6. The van der Waals surface area contributed by atoms with Crippen molar-refractivity contribution in [3.8, 4) is 0 Å². The molecule has 3 rings (SSSR count). The van der Waals surface area contributed by atoms with E-state index in [9.17, 15) is 4.79 Å². The molecule has 2 heterocycles. The van der Waals surface area contributed by atoms with Gasteiger partial charge in [0.25, 0.3) is 0 Å². The summed E-state index contributed by atoms with van der Waals surface area (Å²) in [6, 6.07) is 0. The third-order valence-corrected chi connectivity index (χ3v) is 5.35. The first-order valence-corrected chi connectivity index (χ1v) is 8.14. The summed E-state index contributed by atoms with van der Waals surface area (Å²) in [6.45, 7) is 3.75. The van der Waals surface area contributed by atoms with Crippen molar-refractivity contribution in [2.24, 2.45) is 11.7 Å². The minimum Gasteiger partial charge on any atom is -0.342 e. The number of nitrogens with zero attached hydrogens (tertiary/aromatic N) is 2. The Morgan fingerprint density at radius 1 is 1.38 bits per heavy atom. The van der Waals surface area contributed by atoms with Crippen LogP contribution < -0.4 is 5.73 Å². The van der Waals surface area contributed by atoms with Crippen LogP contribution in [0.1, 0.15) is 56.9 Å². The number of H-pyrrole nitrogens is 1. The van der Waals surface area contributed by atoms with Crippen LogP contribution >= 0.6 is 0 Å². The molecule has 2 fully saturated rings. The molecule has 1 aliphatic heterocycles. The maximum Gasteiger partial charge on any atom is 0.227 e. The molecule has 2 aliphatic rings. The van der Waals surface area contributed by atoms with E-state index < -0.39 is 0 Å². The molecule has 1 amide bonds. The lowest BCUT2D eigenvalue weighted by atomic mass is 9.73. The predicted octanol–water partition coefficient (Wildman–Crippen LogP) is 2.02. The molecular formula is C16H26N4O. The summed E-state index contributed by atoms with van der Waals surface area (Å²) >= 11 is 0. The zero-order valence-electron chi connectivity index (χ0n) is 12.8. The van der Waals surface area contributed by atoms with Gasteiger partial charge in [-0.2, -0.15) is 5.10 Å². The highest BCUT2D eigenvalue weighted by Crippen LogP contribution is 2.35. The van der Waals surface area contributed by atoms with Crippen molar-refractivity contribution in [1.82, 2.24) is 15.1 Å². The van der Waals surface area contributed by atoms with E-state index in [4.69, 9.17) is 5.73 Å². The van der Waals surface area contributed by atoms with Crippen LogP contribution in [0.4, 0.5) is 0 Å². The van der Waals surface area contributed by atoms with Crippen LogP contribution in [0.5, 0.6) is 0 Å². The average Bonchev–Trinajstić information content (AvgIpc) is 3.00. The van der Waals surface area contributed by atoms with E-state index in [1.165, 1.54) is 5.56 Å². The van der Waals surface area contributed by atoms with Crippen LogP contribution in [0.25, 0.3) is 0 Å². The van der Waals surface area contributed by atoms with Crippen LogP contribution in [0.2, 0.25) is 0 Å². The Hall–Kier alpha value is -1.36. The van der Waals surface area contributed by atoms with Crippen molar-refractivity contribution < 1.29 is 4.79 Å². The molecule has 1 aromatic rings. The van der Waals surface area contributed by atoms with Gasteiger partial charge in [0, 0.05) is 24.8 Å². The number of hydrogen-bond donors (Lipinski definition) is 2. The van der Waals surface area contributed by atoms with E-state index >= 15 is 0 Å². The van der Waals surface area contributed by atoms with Gasteiger partial charge in [0.2, 0.25) is 5.91 Å². The van der Waals surface area contributed by atoms with Gasteiger partial charge in [-0.25, -0.2) is 0 Å². The molecule has 5 nitrogen and oxygen atoms in total. The first-order chi connectivity index (χ1) is 10.1. The number of carbonyl (C=O) groups is 1. The molecule has 1 saturated heterocycles. The molecule has 2 atom stereocenters. The van der Waals surface area contributed by atoms with Gasteiger partial charge in [0.15, 0.2) is 0 Å². The number of aromatic amines is 1. The molecule has 3 N–H and O–H groups in total. The molecule has 21 heavy (non-hydrogen) atoms. The normalized spacial score (nSPS) is 31.3. The van der Waals surface area contributed by atoms with Crippen LogP contribution in [-0.4, -0.2) is 39.6 Å². The molecule has 0 spiro atoms. The van der Waals surface area contributed by atoms with E-state index in [1.807, 2.05) is 24.2 Å². The monoisotopic (exact) mass is 290 g/mol. The maximum atomic E-state index is 12.8. The summed E-state index contributed by atoms with van der Waals surface area (Å²) in [7, 11) is 0. The van der Waals surface area contributed by atoms with E-state index in [2.05, 4.69) is 10.2 Å². The number of likely N-dealkylation sites (tertiary alicyclic amines) is 1. The first-order valence-electron chi connectivity index (χ1n) is 8.14. The largest absolute Gasteiger partial charge is 0.342 e. The number of aromatic nitrogens is 2. The van der Waals surface area contributed by atoms with Crippen LogP contribution in [-0.2, 0) is 4.79 Å². The minimum atomic E-state index is -0.323. The third kappa shape index (κ3) is 2.98. The molecule has 0 bridgehead atoms. The number of hydrogen-bond acceptors (Lipinski definition) is 3. The Bertz CT molecular complexity index is 474. The summed E-state index contributed by atoms with van der Waals surface area (Å²) in [5.74, 6) is 0.825. The minimum absolute atomic E-state index is 0.0109. The van der Waals surface area contributed by atoms with Crippen molar-refractivity contribution in [2.75, 3.05) is 13.1 Å². The van der Waals surface area contributed by atoms with Gasteiger partial charge < -0.3 is 10.6 Å². The number of rotatable bonds is 2. The summed E-state index contributed by atoms with van der Waals surface area (Å²) < 4.78 is 0. The van der Waals surface area contributed by atoms with E-state index in [0.29, 0.717) is 5.92 Å². The fourth-order valence-corrected chi connectivity index (χ4v) is 3.90. The van der Waals surface area contributed by atoms with Gasteiger partial charge in [0.1, 0.15) is 0 Å². The molecule has 116 valence electrons. The zero-order chi connectivity index (χ0) is 14.9. The molecule has 1 aromatic heterocycles. The highest BCUT2D eigenvalue weighted by molar-refractivity contribution is 5.80. The Kier molecular flexibility index (Phi) is 4.02. The quantitative estimate of drug-likeness (QED) is 0.875. The van der Waals surface area contributed by atoms with Crippen molar-refractivity contribution in [3.63, 3.8) is 0 Å². The van der Waals surface area contributed by atoms with Crippen molar-refractivity contribution >= 4 is 5.91 Å². The standard InChI is InChI=1S/C16H26N4O/c1-16(17)7-3-2-4-14(16)15(21)20-8-5-12(6-9-20)13-10-18-19-11-13/h10-12,14H,2-9,17H2,1H3,(H,18,19). The van der Waals surface area contributed by atoms with Gasteiger partial charge in [-0.1, -0.05) is 12.8 Å². The van der Waals surface area contributed by atoms with E-state index in [1.54, 1.807) is 0 Å². The van der Waals surface area contributed by atoms with Gasteiger partial charge in [-0.05, 0) is 44.1 Å². The van der Waals surface area contributed by atoms with Crippen molar-refractivity contribution in [3.05, 3.63) is 18.0 Å². The molecule has 1 aliphatic carbocycles. The summed E-state index contributed by atoms with van der Waals surface area (Å²) in [4.78, 5) is 14.8. The second-order valence-corrected chi connectivity index (χ2v) is 6.94. The Morgan fingerprint density at radius 3 is 2.76 bits per heavy atom. The fraction of sp³-hybridized carbons (Fsp3) is 0.750. The topological polar surface area (TPSA) is 75.0 Å². The van der Waals surface area contributed by atoms with E-state index in [0.717, 1.165) is 51.6 Å². The Labute approximate surface area is 126 Å². The van der Waals surface area contributed by atoms with Crippen LogP contribution in [0.15, 0.2) is 12.4 Å². The van der Waals surface area contributed by atoms with Crippen LogP contribution in [0, 0.1) is 5.92 Å². The second-order valence-electron chi connectivity index (χ2n) is 6.94. The third-order valence-electron chi connectivity index (χ3n) is 5.35. The highest BCUT2D eigenvalue weighted by atomic mass is 16.2. The highest BCUT2D eigenvalue weighted by Gasteiger charge is 2.40. The maximum absolute atomic E-state index is 12.8. The molecule has 1 saturated carbocycles. The lowest BCUT2D eigenvalue weighted by molar-refractivity contribution is -0.140. The van der Waals surface area contributed by atoms with Gasteiger partial charge >= 0.3 is 0 Å². The molecule has 5 heteroatoms. The number of piperidine rings is 1. The van der Waals surface area contributed by atoms with Crippen molar-refractivity contribution in [2.45, 2.75) is 56.9 Å². The second kappa shape index (κ2) is 5.79. The predicted molar refractivity (Wildman–Crippen MR) is 81.7 cm³/mol. The SMILES string of the molecule is CC1(N)CCCCC1C(=O)N1CCC(c2cn[nH]c2)CC1. The molecule has 2 unspecified atom stereocenters. The average molecular weight is 290 g/mol. The molecule has 0 radical (unpaired) electrons. The van der Waals surface area contributed by atoms with Crippen LogP contribution in [0.3, 0.4) is 0 Å². The Morgan fingerprint density at radius 2 is 2.14 bits per heavy atom. The van der Waals surface area contributed by atoms with Gasteiger partial charge in [0.05, 0.1) is 12.1 Å². The fourth-order valence-electron chi connectivity index (χ4n) is 3.90. The van der Waals surface area contributed by atoms with Crippen molar-refractivity contribution in [1.29, 1.82) is 0 Å². The van der Waals surface area contributed by atoms with Gasteiger partial charge in [-0.15, -0.1) is 0 Å². The summed E-state index contributed by atoms with van der Waals surface area (Å²) in [5, 5.41) is 6.90. The number of carbonyl (C=O) groups excluding carboxylic acids is 1. The summed E-state index contributed by atoms with van der Waals surface area (Å²) in [5.41, 5.74) is 7.32. The zero-order valence-corrected chi connectivity index (χ0v) is 12.8. The number of amides is 1. The summed E-state index contributed by atoms with van der Waals surface area (Å²) in [6.07, 6.45) is 10.1. The molecule has 0 aromatic carbocycles. The lowest BCUT2D eigenvalue weighted by Gasteiger charge is -2.41. The Balaban J connectivity index is 1.60. The van der Waals surface area contributed by atoms with Gasteiger partial charge in [-0.3, -0.25) is 9.89 Å². The lowest BCUT2D eigenvalue weighted by Crippen LogP contribution is -2.54. The number of nitrogens with one attached hydrogen (secondary N) is 1. The molecular weight excluding hydrogens is 264 g/mol. The number of nitrogens with two attached hydrogens (primary N) is 1. The van der Waals surface area contributed by atoms with E-state index in [-0.39, 0.29) is 17.4 Å². The smallest absolute Gasteiger partial charge is 0.227 e.